The Morgan fingerprint density at radius 1 is 1.20 bits per heavy atom. The monoisotopic (exact) mass is 459 g/mol. The minimum absolute atomic E-state index is 0. The van der Waals surface area contributed by atoms with Crippen molar-refractivity contribution in [1.82, 2.24) is 15.8 Å². The molecule has 162 valence electrons. The van der Waals surface area contributed by atoms with Gasteiger partial charge < -0.3 is 25.9 Å². The number of amides is 2. The number of rotatable bonds is 6. The van der Waals surface area contributed by atoms with E-state index in [1.165, 1.54) is 25.3 Å². The van der Waals surface area contributed by atoms with Crippen molar-refractivity contribution in [3.63, 3.8) is 0 Å². The Labute approximate surface area is 179 Å². The van der Waals surface area contributed by atoms with Gasteiger partial charge in [0.2, 0.25) is 11.3 Å². The number of aliphatic carboxylic acids is 1. The molecular weight excluding hydrogens is 442 g/mol. The number of aromatic hydroxyl groups is 2. The minimum atomic E-state index is -1.67. The number of nitrogens with one attached hydrogen (secondary N) is 2. The average Bonchev–Trinajstić information content (AvgIpc) is 3.07. The summed E-state index contributed by atoms with van der Waals surface area (Å²) in [5.74, 6) is -3.98. The topological polar surface area (TPSA) is 196 Å². The molecule has 0 bridgehead atoms. The molecule has 1 aromatic carbocycles. The van der Waals surface area contributed by atoms with E-state index in [1.54, 1.807) is 0 Å². The lowest BCUT2D eigenvalue weighted by Crippen LogP contribution is -2.51. The van der Waals surface area contributed by atoms with Crippen molar-refractivity contribution in [2.24, 2.45) is 5.16 Å². The highest BCUT2D eigenvalue weighted by atomic mass is 35.5. The number of hydrazine groups is 1. The number of nitrogen functional groups attached to an aromatic ring is 1. The van der Waals surface area contributed by atoms with Gasteiger partial charge >= 0.3 is 5.97 Å². The normalized spacial score (nSPS) is 11.2. The molecule has 0 unspecified atom stereocenters. The second-order valence-electron chi connectivity index (χ2n) is 6.03. The summed E-state index contributed by atoms with van der Waals surface area (Å²) < 4.78 is 0. The van der Waals surface area contributed by atoms with Crippen LogP contribution in [0, 0.1) is 0 Å². The molecule has 1 aromatic heterocycles. The third-order valence-electron chi connectivity index (χ3n) is 3.41. The summed E-state index contributed by atoms with van der Waals surface area (Å²) in [6, 6.07) is 3.33. The van der Waals surface area contributed by atoms with Crippen LogP contribution in [0.25, 0.3) is 0 Å². The van der Waals surface area contributed by atoms with Crippen LogP contribution in [0.5, 0.6) is 11.5 Å². The predicted molar refractivity (Wildman–Crippen MR) is 108 cm³/mol. The van der Waals surface area contributed by atoms with Gasteiger partial charge in [0.05, 0.1) is 0 Å². The summed E-state index contributed by atoms with van der Waals surface area (Å²) in [6.07, 6.45) is 0. The fraction of sp³-hybridized carbons (Fsp3) is 0.188. The molecular formula is C16H18ClN5O7S. The first-order valence-electron chi connectivity index (χ1n) is 7.85. The van der Waals surface area contributed by atoms with Crippen molar-refractivity contribution in [2.75, 3.05) is 5.73 Å². The third-order valence-corrected chi connectivity index (χ3v) is 4.08. The summed E-state index contributed by atoms with van der Waals surface area (Å²) in [5, 5.41) is 32.9. The average molecular weight is 460 g/mol. The predicted octanol–water partition coefficient (Wildman–Crippen LogP) is 0.603. The number of benzene rings is 1. The van der Waals surface area contributed by atoms with Crippen molar-refractivity contribution >= 4 is 52.4 Å². The van der Waals surface area contributed by atoms with Gasteiger partial charge in [-0.05, 0) is 32.0 Å². The third kappa shape index (κ3) is 5.96. The number of thiazole rings is 1. The number of phenolic OH excluding ortho intramolecular Hbond substituents is 2. The zero-order chi connectivity index (χ0) is 21.8. The van der Waals surface area contributed by atoms with E-state index in [0.717, 1.165) is 23.5 Å². The van der Waals surface area contributed by atoms with Gasteiger partial charge in [-0.2, -0.15) is 0 Å². The number of phenols is 2. The standard InChI is InChI=1S/C16H17N5O7S.ClH/c1-16(2,28-21-11(13(25)26)8-6-29-15(17)18-8)14(27)20-19-12(24)7-3-4-9(22)10(23)5-7;/h3-6,22-23H,1-2H3,(H2,17,18)(H,19,24)(H,20,27)(H,25,26);1H. The first-order valence-corrected chi connectivity index (χ1v) is 8.73. The summed E-state index contributed by atoms with van der Waals surface area (Å²) in [7, 11) is 0. The Bertz CT molecular complexity index is 992. The maximum absolute atomic E-state index is 12.3. The van der Waals surface area contributed by atoms with E-state index >= 15 is 0 Å². The molecule has 14 heteroatoms. The first kappa shape index (κ1) is 24.5. The van der Waals surface area contributed by atoms with Crippen LogP contribution in [-0.4, -0.2) is 49.4 Å². The molecule has 2 aromatic rings. The van der Waals surface area contributed by atoms with Crippen molar-refractivity contribution in [2.45, 2.75) is 19.4 Å². The number of nitrogens with two attached hydrogens (primary N) is 1. The molecule has 0 atom stereocenters. The van der Waals surface area contributed by atoms with Crippen LogP contribution in [0.1, 0.15) is 29.9 Å². The van der Waals surface area contributed by atoms with Crippen LogP contribution in [-0.2, 0) is 14.4 Å². The van der Waals surface area contributed by atoms with Gasteiger partial charge in [-0.25, -0.2) is 9.78 Å². The number of anilines is 1. The van der Waals surface area contributed by atoms with Crippen molar-refractivity contribution in [3.05, 3.63) is 34.8 Å². The highest BCUT2D eigenvalue weighted by molar-refractivity contribution is 7.13. The highest BCUT2D eigenvalue weighted by Crippen LogP contribution is 2.24. The number of hydrogen-bond acceptors (Lipinski definition) is 10. The number of oxime groups is 1. The zero-order valence-corrected chi connectivity index (χ0v) is 17.2. The van der Waals surface area contributed by atoms with Crippen LogP contribution < -0.4 is 16.6 Å². The van der Waals surface area contributed by atoms with Crippen LogP contribution in [0.15, 0.2) is 28.7 Å². The van der Waals surface area contributed by atoms with Crippen molar-refractivity contribution < 1.29 is 34.5 Å². The summed E-state index contributed by atoms with van der Waals surface area (Å²) in [4.78, 5) is 44.4. The summed E-state index contributed by atoms with van der Waals surface area (Å²) in [6.45, 7) is 2.58. The number of carboxylic acid groups (broad SMARTS) is 1. The molecule has 2 amide bonds. The van der Waals surface area contributed by atoms with E-state index in [4.69, 9.17) is 10.6 Å². The molecule has 30 heavy (non-hydrogen) atoms. The van der Waals surface area contributed by atoms with Crippen LogP contribution in [0.4, 0.5) is 5.13 Å². The van der Waals surface area contributed by atoms with Gasteiger partial charge in [0.1, 0.15) is 5.69 Å². The van der Waals surface area contributed by atoms with Gasteiger partial charge in [0, 0.05) is 10.9 Å². The SMILES string of the molecule is CC(C)(ON=C(C(=O)O)c1csc(N)n1)C(=O)NNC(=O)c1ccc(O)c(O)c1.Cl. The molecule has 2 rings (SSSR count). The van der Waals surface area contributed by atoms with Gasteiger partial charge in [0.15, 0.2) is 16.6 Å². The van der Waals surface area contributed by atoms with E-state index in [0.29, 0.717) is 0 Å². The smallest absolute Gasteiger partial charge is 0.360 e. The first-order chi connectivity index (χ1) is 13.5. The maximum Gasteiger partial charge on any atom is 0.360 e. The molecule has 0 aliphatic carbocycles. The fourth-order valence-corrected chi connectivity index (χ4v) is 2.34. The van der Waals surface area contributed by atoms with E-state index in [2.05, 4.69) is 21.0 Å². The van der Waals surface area contributed by atoms with Gasteiger partial charge in [0.25, 0.3) is 11.8 Å². The number of aromatic nitrogens is 1. The Morgan fingerprint density at radius 2 is 1.87 bits per heavy atom. The molecule has 1 heterocycles. The maximum atomic E-state index is 12.3. The molecule has 0 saturated carbocycles. The number of nitrogens with zero attached hydrogens (tertiary/aromatic N) is 2. The largest absolute Gasteiger partial charge is 0.504 e. The molecule has 7 N–H and O–H groups in total. The highest BCUT2D eigenvalue weighted by Gasteiger charge is 2.32. The van der Waals surface area contributed by atoms with E-state index in [-0.39, 0.29) is 28.8 Å². The summed E-state index contributed by atoms with van der Waals surface area (Å²) in [5.41, 5.74) is 7.36. The van der Waals surface area contributed by atoms with E-state index in [1.807, 2.05) is 0 Å². The Hall–Kier alpha value is -3.58. The number of hydrogen-bond donors (Lipinski definition) is 6. The number of carboxylic acids is 1. The van der Waals surface area contributed by atoms with Crippen molar-refractivity contribution in [1.29, 1.82) is 0 Å². The Balaban J connectivity index is 0.00000450. The number of carbonyl (C=O) groups excluding carboxylic acids is 2. The van der Waals surface area contributed by atoms with Crippen LogP contribution in [0.3, 0.4) is 0 Å². The second kappa shape index (κ2) is 9.76. The lowest BCUT2D eigenvalue weighted by Gasteiger charge is -2.21. The van der Waals surface area contributed by atoms with Gasteiger partial charge in [-0.1, -0.05) is 5.16 Å². The molecule has 0 spiro atoms. The molecule has 0 fully saturated rings. The fourth-order valence-electron chi connectivity index (χ4n) is 1.79. The Morgan fingerprint density at radius 3 is 2.40 bits per heavy atom. The second-order valence-corrected chi connectivity index (χ2v) is 6.92. The van der Waals surface area contributed by atoms with E-state index < -0.39 is 40.6 Å². The van der Waals surface area contributed by atoms with Crippen LogP contribution >= 0.6 is 23.7 Å². The Kier molecular flexibility index (Phi) is 7.95. The lowest BCUT2D eigenvalue weighted by atomic mass is 10.1. The van der Waals surface area contributed by atoms with Crippen LogP contribution in [0.2, 0.25) is 0 Å². The molecule has 0 aliphatic rings. The quantitative estimate of drug-likeness (QED) is 0.203. The number of halogens is 1. The van der Waals surface area contributed by atoms with Gasteiger partial charge in [-0.3, -0.25) is 20.4 Å². The molecule has 0 radical (unpaired) electrons. The molecule has 12 nitrogen and oxygen atoms in total. The lowest BCUT2D eigenvalue weighted by molar-refractivity contribution is -0.144. The molecule has 0 saturated heterocycles. The zero-order valence-electron chi connectivity index (χ0n) is 15.6. The number of carbonyl (C=O) groups is 3. The molecule has 0 aliphatic heterocycles. The van der Waals surface area contributed by atoms with Crippen molar-refractivity contribution in [3.8, 4) is 11.5 Å². The van der Waals surface area contributed by atoms with E-state index in [9.17, 15) is 29.7 Å². The summed E-state index contributed by atoms with van der Waals surface area (Å²) >= 11 is 1.01. The minimum Gasteiger partial charge on any atom is -0.504 e. The van der Waals surface area contributed by atoms with Gasteiger partial charge in [-0.15, -0.1) is 23.7 Å².